The van der Waals surface area contributed by atoms with Gasteiger partial charge in [-0.15, -0.1) is 0 Å². The second-order valence-electron chi connectivity index (χ2n) is 5.89. The number of methoxy groups -OCH3 is 2. The van der Waals surface area contributed by atoms with Gasteiger partial charge < -0.3 is 24.3 Å². The van der Waals surface area contributed by atoms with Gasteiger partial charge in [-0.1, -0.05) is 23.7 Å². The van der Waals surface area contributed by atoms with Crippen LogP contribution in [-0.2, 0) is 6.42 Å². The minimum absolute atomic E-state index is 0.136. The molecule has 1 amide bonds. The lowest BCUT2D eigenvalue weighted by atomic mass is 10.0. The predicted octanol–water partition coefficient (Wildman–Crippen LogP) is 3.45. The molecule has 1 atom stereocenters. The minimum Gasteiger partial charge on any atom is -0.492 e. The number of halogens is 1. The Balaban J connectivity index is 1.80. The number of benzene rings is 2. The number of nitrogens with one attached hydrogen (secondary N) is 1. The van der Waals surface area contributed by atoms with E-state index < -0.39 is 0 Å². The number of hydrogen-bond donors (Lipinski definition) is 1. The first-order valence-electron chi connectivity index (χ1n) is 8.14. The number of carbonyl (C=O) groups excluding carboxylic acids is 1. The smallest absolute Gasteiger partial charge is 0.253 e. The highest BCUT2D eigenvalue weighted by Crippen LogP contribution is 2.49. The normalized spacial score (nSPS) is 13.2. The lowest BCUT2D eigenvalue weighted by molar-refractivity contribution is 0.0940. The van der Waals surface area contributed by atoms with Crippen molar-refractivity contribution in [2.75, 3.05) is 21.0 Å². The van der Waals surface area contributed by atoms with E-state index in [0.29, 0.717) is 40.0 Å². The van der Waals surface area contributed by atoms with Crippen molar-refractivity contribution < 1.29 is 23.7 Å². The molecule has 1 aliphatic rings. The maximum Gasteiger partial charge on any atom is 0.253 e. The van der Waals surface area contributed by atoms with E-state index in [1.807, 2.05) is 13.0 Å². The minimum atomic E-state index is -0.227. The van der Waals surface area contributed by atoms with Crippen molar-refractivity contribution in [3.05, 3.63) is 46.5 Å². The molecule has 1 heterocycles. The average Bonchev–Trinajstić information content (AvgIpc) is 3.08. The number of amides is 1. The summed E-state index contributed by atoms with van der Waals surface area (Å²) in [5.74, 6) is 1.95. The first-order valence-corrected chi connectivity index (χ1v) is 8.51. The molecular formula is C19H20ClNO5. The molecular weight excluding hydrogens is 358 g/mol. The largest absolute Gasteiger partial charge is 0.492 e. The van der Waals surface area contributed by atoms with Gasteiger partial charge in [-0.05, 0) is 31.5 Å². The monoisotopic (exact) mass is 377 g/mol. The number of hydrogen-bond acceptors (Lipinski definition) is 5. The second kappa shape index (κ2) is 7.74. The molecule has 0 saturated heterocycles. The van der Waals surface area contributed by atoms with Crippen molar-refractivity contribution >= 4 is 17.5 Å². The van der Waals surface area contributed by atoms with E-state index in [1.54, 1.807) is 38.5 Å². The van der Waals surface area contributed by atoms with Crippen molar-refractivity contribution in [2.24, 2.45) is 0 Å². The molecule has 138 valence electrons. The highest BCUT2D eigenvalue weighted by molar-refractivity contribution is 6.33. The van der Waals surface area contributed by atoms with Crippen LogP contribution in [0, 0.1) is 0 Å². The summed E-state index contributed by atoms with van der Waals surface area (Å²) in [6.45, 7) is 2.04. The van der Waals surface area contributed by atoms with Gasteiger partial charge in [0, 0.05) is 11.6 Å². The fourth-order valence-electron chi connectivity index (χ4n) is 2.93. The molecule has 6 nitrogen and oxygen atoms in total. The topological polar surface area (TPSA) is 66.0 Å². The maximum atomic E-state index is 12.4. The van der Waals surface area contributed by atoms with Gasteiger partial charge in [0.15, 0.2) is 11.5 Å². The lowest BCUT2D eigenvalue weighted by Gasteiger charge is -2.19. The Labute approximate surface area is 157 Å². The SMILES string of the molecule is COc1c(CC(C)NC(=O)c2ccccc2Cl)cc2c(c1OC)OCO2. The van der Waals surface area contributed by atoms with Crippen LogP contribution in [0.4, 0.5) is 0 Å². The molecule has 0 bridgehead atoms. The van der Waals surface area contributed by atoms with Crippen LogP contribution in [0.2, 0.25) is 5.02 Å². The molecule has 2 aromatic carbocycles. The van der Waals surface area contributed by atoms with Gasteiger partial charge in [-0.2, -0.15) is 0 Å². The Kier molecular flexibility index (Phi) is 5.42. The number of ether oxygens (including phenoxy) is 4. The molecule has 0 saturated carbocycles. The van der Waals surface area contributed by atoms with E-state index in [9.17, 15) is 4.79 Å². The van der Waals surface area contributed by atoms with Crippen LogP contribution in [0.15, 0.2) is 30.3 Å². The first kappa shape index (κ1) is 18.2. The van der Waals surface area contributed by atoms with E-state index in [4.69, 9.17) is 30.5 Å². The Bertz CT molecular complexity index is 824. The molecule has 0 aromatic heterocycles. The number of carbonyl (C=O) groups is 1. The molecule has 1 N–H and O–H groups in total. The molecule has 0 fully saturated rings. The molecule has 0 spiro atoms. The van der Waals surface area contributed by atoms with E-state index in [1.165, 1.54) is 0 Å². The second-order valence-corrected chi connectivity index (χ2v) is 6.30. The molecule has 1 aliphatic heterocycles. The molecule has 2 aromatic rings. The van der Waals surface area contributed by atoms with Crippen LogP contribution >= 0.6 is 11.6 Å². The van der Waals surface area contributed by atoms with Crippen LogP contribution in [0.1, 0.15) is 22.8 Å². The van der Waals surface area contributed by atoms with Gasteiger partial charge in [0.05, 0.1) is 24.8 Å². The molecule has 0 aliphatic carbocycles. The molecule has 26 heavy (non-hydrogen) atoms. The summed E-state index contributed by atoms with van der Waals surface area (Å²) in [5, 5.41) is 3.37. The third-order valence-electron chi connectivity index (χ3n) is 4.08. The van der Waals surface area contributed by atoms with Crippen molar-refractivity contribution in [1.82, 2.24) is 5.32 Å². The van der Waals surface area contributed by atoms with E-state index >= 15 is 0 Å². The van der Waals surface area contributed by atoms with Gasteiger partial charge >= 0.3 is 0 Å². The van der Waals surface area contributed by atoms with Crippen LogP contribution in [-0.4, -0.2) is 33.0 Å². The molecule has 7 heteroatoms. The highest BCUT2D eigenvalue weighted by Gasteiger charge is 2.27. The quantitative estimate of drug-likeness (QED) is 0.835. The third-order valence-corrected chi connectivity index (χ3v) is 4.41. The van der Waals surface area contributed by atoms with Gasteiger partial charge in [0.1, 0.15) is 0 Å². The van der Waals surface area contributed by atoms with Crippen molar-refractivity contribution in [3.63, 3.8) is 0 Å². The molecule has 3 rings (SSSR count). The fraction of sp³-hybridized carbons (Fsp3) is 0.316. The Morgan fingerprint density at radius 1 is 1.23 bits per heavy atom. The van der Waals surface area contributed by atoms with Crippen molar-refractivity contribution in [1.29, 1.82) is 0 Å². The zero-order chi connectivity index (χ0) is 18.7. The maximum absolute atomic E-state index is 12.4. The lowest BCUT2D eigenvalue weighted by Crippen LogP contribution is -2.34. The summed E-state index contributed by atoms with van der Waals surface area (Å²) in [4.78, 5) is 12.4. The summed E-state index contributed by atoms with van der Waals surface area (Å²) in [5.41, 5.74) is 1.29. The number of fused-ring (bicyclic) bond motifs is 1. The van der Waals surface area contributed by atoms with Gasteiger partial charge in [-0.3, -0.25) is 4.79 Å². The number of rotatable bonds is 6. The van der Waals surface area contributed by atoms with Gasteiger partial charge in [0.25, 0.3) is 5.91 Å². The summed E-state index contributed by atoms with van der Waals surface area (Å²) >= 11 is 6.09. The molecule has 1 unspecified atom stereocenters. The summed E-state index contributed by atoms with van der Waals surface area (Å²) in [7, 11) is 3.11. The van der Waals surface area contributed by atoms with Gasteiger partial charge in [-0.25, -0.2) is 0 Å². The van der Waals surface area contributed by atoms with Crippen LogP contribution in [0.5, 0.6) is 23.0 Å². The average molecular weight is 378 g/mol. The van der Waals surface area contributed by atoms with E-state index in [0.717, 1.165) is 5.56 Å². The standard InChI is InChI=1S/C19H20ClNO5/c1-11(21-19(22)13-6-4-5-7-14(13)20)8-12-9-15-17(26-10-25-15)18(24-3)16(12)23-2/h4-7,9,11H,8,10H2,1-3H3,(H,21,22). The van der Waals surface area contributed by atoms with Crippen LogP contribution in [0.3, 0.4) is 0 Å². The zero-order valence-electron chi connectivity index (χ0n) is 14.8. The van der Waals surface area contributed by atoms with Crippen molar-refractivity contribution in [3.8, 4) is 23.0 Å². The fourth-order valence-corrected chi connectivity index (χ4v) is 3.16. The zero-order valence-corrected chi connectivity index (χ0v) is 15.6. The van der Waals surface area contributed by atoms with Gasteiger partial charge in [0.2, 0.25) is 18.3 Å². The first-order chi connectivity index (χ1) is 12.5. The Morgan fingerprint density at radius 3 is 2.65 bits per heavy atom. The predicted molar refractivity (Wildman–Crippen MR) is 97.8 cm³/mol. The summed E-state index contributed by atoms with van der Waals surface area (Å²) in [6.07, 6.45) is 0.520. The third kappa shape index (κ3) is 3.51. The van der Waals surface area contributed by atoms with Crippen molar-refractivity contribution in [2.45, 2.75) is 19.4 Å². The van der Waals surface area contributed by atoms with Crippen LogP contribution < -0.4 is 24.3 Å². The highest BCUT2D eigenvalue weighted by atomic mass is 35.5. The Hall–Kier alpha value is -2.60. The summed E-state index contributed by atoms with van der Waals surface area (Å²) < 4.78 is 21.9. The van der Waals surface area contributed by atoms with E-state index in [-0.39, 0.29) is 18.7 Å². The molecule has 0 radical (unpaired) electrons. The van der Waals surface area contributed by atoms with E-state index in [2.05, 4.69) is 5.32 Å². The Morgan fingerprint density at radius 2 is 1.96 bits per heavy atom. The summed E-state index contributed by atoms with van der Waals surface area (Å²) in [6, 6.07) is 8.62. The van der Waals surface area contributed by atoms with Crippen LogP contribution in [0.25, 0.3) is 0 Å².